The van der Waals surface area contributed by atoms with Crippen LogP contribution in [0.25, 0.3) is 0 Å². The highest BCUT2D eigenvalue weighted by Crippen LogP contribution is 2.28. The van der Waals surface area contributed by atoms with Crippen molar-refractivity contribution in [2.24, 2.45) is 0 Å². The summed E-state index contributed by atoms with van der Waals surface area (Å²) in [5, 5.41) is 3.00. The number of anilines is 1. The summed E-state index contributed by atoms with van der Waals surface area (Å²) in [6.45, 7) is 13.0. The van der Waals surface area contributed by atoms with E-state index >= 15 is 0 Å². The molecule has 0 fully saturated rings. The molecule has 0 aliphatic heterocycles. The predicted molar refractivity (Wildman–Crippen MR) is 161 cm³/mol. The molecular weight excluding hydrogens is 522 g/mol. The van der Waals surface area contributed by atoms with Crippen molar-refractivity contribution in [1.82, 2.24) is 10.2 Å². The number of amides is 2. The molecule has 0 heterocycles. The number of hydrogen-bond donors (Lipinski definition) is 1. The molecule has 7 nitrogen and oxygen atoms in total. The van der Waals surface area contributed by atoms with Crippen LogP contribution in [0.15, 0.2) is 77.7 Å². The summed E-state index contributed by atoms with van der Waals surface area (Å²) >= 11 is 0. The summed E-state index contributed by atoms with van der Waals surface area (Å²) in [4.78, 5) is 29.3. The Kier molecular flexibility index (Phi) is 9.79. The zero-order valence-corrected chi connectivity index (χ0v) is 25.4. The molecule has 1 unspecified atom stereocenters. The Morgan fingerprint density at radius 1 is 0.875 bits per heavy atom. The maximum Gasteiger partial charge on any atom is 0.264 e. The van der Waals surface area contributed by atoms with E-state index < -0.39 is 34.1 Å². The lowest BCUT2D eigenvalue weighted by molar-refractivity contribution is -0.141. The Bertz CT molecular complexity index is 1450. The number of carbonyl (C=O) groups is 2. The molecule has 0 saturated carbocycles. The van der Waals surface area contributed by atoms with Crippen LogP contribution in [0.3, 0.4) is 0 Å². The van der Waals surface area contributed by atoms with Gasteiger partial charge in [-0.1, -0.05) is 67.1 Å². The van der Waals surface area contributed by atoms with Gasteiger partial charge < -0.3 is 10.2 Å². The van der Waals surface area contributed by atoms with E-state index in [2.05, 4.69) is 5.32 Å². The fourth-order valence-corrected chi connectivity index (χ4v) is 6.16. The van der Waals surface area contributed by atoms with Crippen molar-refractivity contribution in [1.29, 1.82) is 0 Å². The summed E-state index contributed by atoms with van der Waals surface area (Å²) in [6.07, 6.45) is 0.370. The zero-order valence-electron chi connectivity index (χ0n) is 24.6. The Hall–Kier alpha value is -3.65. The van der Waals surface area contributed by atoms with Crippen LogP contribution >= 0.6 is 0 Å². The van der Waals surface area contributed by atoms with Crippen LogP contribution in [0, 0.1) is 20.8 Å². The molecule has 0 saturated heterocycles. The van der Waals surface area contributed by atoms with Gasteiger partial charge in [0.1, 0.15) is 12.6 Å². The SMILES string of the molecule is CCC(C(=O)NC(C)(C)C)N(Cc1ccccc1C)C(=O)CN(c1ccc(C)cc1C)S(=O)(=O)c1ccccc1. The number of aryl methyl sites for hydroxylation is 3. The van der Waals surface area contributed by atoms with Gasteiger partial charge in [0.25, 0.3) is 10.0 Å². The average molecular weight is 564 g/mol. The van der Waals surface area contributed by atoms with Crippen molar-refractivity contribution < 1.29 is 18.0 Å². The summed E-state index contributed by atoms with van der Waals surface area (Å²) in [6, 6.07) is 20.5. The van der Waals surface area contributed by atoms with Gasteiger partial charge in [0, 0.05) is 12.1 Å². The standard InChI is InChI=1S/C32H41N3O4S/c1-8-28(31(37)33-32(5,6)7)34(21-26-15-13-12-14-24(26)3)30(36)22-35(29-19-18-23(2)20-25(29)4)40(38,39)27-16-10-9-11-17-27/h9-20,28H,8,21-22H2,1-7H3,(H,33,37). The molecule has 40 heavy (non-hydrogen) atoms. The van der Waals surface area contributed by atoms with Gasteiger partial charge in [0.2, 0.25) is 11.8 Å². The zero-order chi connectivity index (χ0) is 29.7. The monoisotopic (exact) mass is 563 g/mol. The fraction of sp³-hybridized carbons (Fsp3) is 0.375. The second-order valence-electron chi connectivity index (χ2n) is 11.2. The van der Waals surface area contributed by atoms with E-state index in [0.29, 0.717) is 12.1 Å². The third-order valence-electron chi connectivity index (χ3n) is 6.72. The van der Waals surface area contributed by atoms with Crippen LogP contribution in [0.5, 0.6) is 0 Å². The Morgan fingerprint density at radius 3 is 2.08 bits per heavy atom. The lowest BCUT2D eigenvalue weighted by Gasteiger charge is -2.35. The summed E-state index contributed by atoms with van der Waals surface area (Å²) in [5.41, 5.74) is 3.51. The van der Waals surface area contributed by atoms with E-state index in [-0.39, 0.29) is 17.3 Å². The molecule has 1 atom stereocenters. The van der Waals surface area contributed by atoms with Crippen molar-refractivity contribution in [2.75, 3.05) is 10.8 Å². The molecule has 3 rings (SSSR count). The second-order valence-corrected chi connectivity index (χ2v) is 13.1. The third-order valence-corrected chi connectivity index (χ3v) is 8.49. The Labute approximate surface area is 239 Å². The first-order valence-electron chi connectivity index (χ1n) is 13.6. The van der Waals surface area contributed by atoms with E-state index in [4.69, 9.17) is 0 Å². The van der Waals surface area contributed by atoms with Crippen LogP contribution in [0.2, 0.25) is 0 Å². The van der Waals surface area contributed by atoms with E-state index in [1.54, 1.807) is 24.3 Å². The number of rotatable bonds is 10. The van der Waals surface area contributed by atoms with Crippen LogP contribution in [0.4, 0.5) is 5.69 Å². The second kappa shape index (κ2) is 12.7. The van der Waals surface area contributed by atoms with Crippen molar-refractivity contribution >= 4 is 27.5 Å². The molecule has 3 aromatic rings. The molecule has 2 amide bonds. The molecule has 1 N–H and O–H groups in total. The lowest BCUT2D eigenvalue weighted by atomic mass is 10.0. The maximum atomic E-state index is 14.2. The minimum Gasteiger partial charge on any atom is -0.350 e. The smallest absolute Gasteiger partial charge is 0.264 e. The first kappa shape index (κ1) is 30.9. The highest BCUT2D eigenvalue weighted by molar-refractivity contribution is 7.92. The number of nitrogens with one attached hydrogen (secondary N) is 1. The number of nitrogens with zero attached hydrogens (tertiary/aromatic N) is 2. The van der Waals surface area contributed by atoms with Crippen LogP contribution in [-0.2, 0) is 26.2 Å². The molecule has 0 bridgehead atoms. The van der Waals surface area contributed by atoms with Gasteiger partial charge >= 0.3 is 0 Å². The van der Waals surface area contributed by atoms with Crippen molar-refractivity contribution in [2.45, 2.75) is 77.9 Å². The summed E-state index contributed by atoms with van der Waals surface area (Å²) in [5.74, 6) is -0.737. The average Bonchev–Trinajstić information content (AvgIpc) is 2.88. The molecule has 8 heteroatoms. The minimum atomic E-state index is -4.10. The molecule has 0 aromatic heterocycles. The van der Waals surface area contributed by atoms with Gasteiger partial charge in [-0.15, -0.1) is 0 Å². The van der Waals surface area contributed by atoms with E-state index in [0.717, 1.165) is 22.3 Å². The lowest BCUT2D eigenvalue weighted by Crippen LogP contribution is -2.55. The number of hydrogen-bond acceptors (Lipinski definition) is 4. The van der Waals surface area contributed by atoms with E-state index in [1.165, 1.54) is 21.3 Å². The number of carbonyl (C=O) groups excluding carboxylic acids is 2. The van der Waals surface area contributed by atoms with Gasteiger partial charge in [0.15, 0.2) is 0 Å². The first-order chi connectivity index (χ1) is 18.7. The highest BCUT2D eigenvalue weighted by Gasteiger charge is 2.35. The van der Waals surface area contributed by atoms with Crippen LogP contribution < -0.4 is 9.62 Å². The maximum absolute atomic E-state index is 14.2. The fourth-order valence-electron chi connectivity index (χ4n) is 4.66. The van der Waals surface area contributed by atoms with Crippen molar-refractivity contribution in [3.8, 4) is 0 Å². The van der Waals surface area contributed by atoms with E-state index in [9.17, 15) is 18.0 Å². The van der Waals surface area contributed by atoms with Gasteiger partial charge in [-0.3, -0.25) is 13.9 Å². The van der Waals surface area contributed by atoms with Crippen molar-refractivity contribution in [3.05, 3.63) is 95.1 Å². The number of sulfonamides is 1. The molecular formula is C32H41N3O4S. The Balaban J connectivity index is 2.11. The van der Waals surface area contributed by atoms with E-state index in [1.807, 2.05) is 84.9 Å². The largest absolute Gasteiger partial charge is 0.350 e. The van der Waals surface area contributed by atoms with Crippen LogP contribution in [0.1, 0.15) is 56.4 Å². The minimum absolute atomic E-state index is 0.0887. The van der Waals surface area contributed by atoms with Gasteiger partial charge in [-0.05, 0) is 82.9 Å². The van der Waals surface area contributed by atoms with Gasteiger partial charge in [-0.2, -0.15) is 0 Å². The molecule has 0 aliphatic carbocycles. The molecule has 214 valence electrons. The molecule has 0 radical (unpaired) electrons. The highest BCUT2D eigenvalue weighted by atomic mass is 32.2. The van der Waals surface area contributed by atoms with Crippen molar-refractivity contribution in [3.63, 3.8) is 0 Å². The van der Waals surface area contributed by atoms with Gasteiger partial charge in [-0.25, -0.2) is 8.42 Å². The summed E-state index contributed by atoms with van der Waals surface area (Å²) < 4.78 is 29.1. The first-order valence-corrected chi connectivity index (χ1v) is 15.0. The molecule has 0 aliphatic rings. The predicted octanol–water partition coefficient (Wildman–Crippen LogP) is 5.53. The van der Waals surface area contributed by atoms with Crippen LogP contribution in [-0.4, -0.2) is 43.3 Å². The molecule has 3 aromatic carbocycles. The summed E-state index contributed by atoms with van der Waals surface area (Å²) in [7, 11) is -4.10. The quantitative estimate of drug-likeness (QED) is 0.352. The Morgan fingerprint density at radius 2 is 1.50 bits per heavy atom. The normalized spacial score (nSPS) is 12.5. The molecule has 0 spiro atoms. The third kappa shape index (κ3) is 7.50. The number of benzene rings is 3. The van der Waals surface area contributed by atoms with Gasteiger partial charge in [0.05, 0.1) is 10.6 Å². The topological polar surface area (TPSA) is 86.8 Å².